The first-order valence-electron chi connectivity index (χ1n) is 15.7. The molecule has 12 heteroatoms. The largest absolute Gasteiger partial charge is 0.493 e. The molecule has 2 atom stereocenters. The number of carbonyl (C=O) groups is 3. The molecule has 0 saturated carbocycles. The quantitative estimate of drug-likeness (QED) is 0.306. The van der Waals surface area contributed by atoms with Crippen molar-refractivity contribution < 1.29 is 28.6 Å². The number of aromatic amines is 1. The lowest BCUT2D eigenvalue weighted by molar-refractivity contribution is -0.129. The Kier molecular flexibility index (Phi) is 9.15. The lowest BCUT2D eigenvalue weighted by Gasteiger charge is -2.23. The zero-order valence-corrected chi connectivity index (χ0v) is 27.2. The van der Waals surface area contributed by atoms with E-state index in [2.05, 4.69) is 20.6 Å². The summed E-state index contributed by atoms with van der Waals surface area (Å²) in [6, 6.07) is 17.5. The molecule has 3 aliphatic heterocycles. The van der Waals surface area contributed by atoms with E-state index in [0.717, 1.165) is 22.3 Å². The summed E-state index contributed by atoms with van der Waals surface area (Å²) in [5.74, 6) is 0.919. The maximum Gasteiger partial charge on any atom is 0.258 e. The first-order valence-corrected chi connectivity index (χ1v) is 15.7. The molecule has 0 spiro atoms. The molecule has 1 aromatic heterocycles. The molecule has 248 valence electrons. The molecular weight excluding hydrogens is 614 g/mol. The van der Waals surface area contributed by atoms with E-state index >= 15 is 0 Å². The number of hydrogen-bond donors (Lipinski definition) is 3. The van der Waals surface area contributed by atoms with Gasteiger partial charge in [0.05, 0.1) is 26.1 Å². The average molecular weight is 652 g/mol. The summed E-state index contributed by atoms with van der Waals surface area (Å²) in [6.07, 6.45) is -0.785. The Bertz CT molecular complexity index is 1960. The number of ether oxygens (including phenoxy) is 3. The first-order chi connectivity index (χ1) is 23.1. The van der Waals surface area contributed by atoms with E-state index in [1.807, 2.05) is 37.3 Å². The molecule has 4 heterocycles. The van der Waals surface area contributed by atoms with Crippen LogP contribution in [0.5, 0.6) is 17.2 Å². The van der Waals surface area contributed by atoms with Gasteiger partial charge in [-0.05, 0) is 79.4 Å². The second-order valence-electron chi connectivity index (χ2n) is 12.0. The summed E-state index contributed by atoms with van der Waals surface area (Å²) in [4.78, 5) is 61.2. The topological polar surface area (TPSA) is 152 Å². The summed E-state index contributed by atoms with van der Waals surface area (Å²) in [5.41, 5.74) is 4.25. The number of amides is 3. The van der Waals surface area contributed by atoms with Gasteiger partial charge in [-0.25, -0.2) is 4.98 Å². The molecule has 1 saturated heterocycles. The smallest absolute Gasteiger partial charge is 0.258 e. The zero-order chi connectivity index (χ0) is 33.9. The summed E-state index contributed by atoms with van der Waals surface area (Å²) >= 11 is 0. The fourth-order valence-corrected chi connectivity index (χ4v) is 6.02. The van der Waals surface area contributed by atoms with E-state index in [9.17, 15) is 19.2 Å². The predicted octanol–water partition coefficient (Wildman–Crippen LogP) is 3.01. The van der Waals surface area contributed by atoms with Gasteiger partial charge in [0, 0.05) is 29.9 Å². The van der Waals surface area contributed by atoms with Crippen molar-refractivity contribution in [3.63, 3.8) is 0 Å². The first kappa shape index (κ1) is 32.3. The van der Waals surface area contributed by atoms with Crippen LogP contribution in [0, 0.1) is 20.8 Å². The van der Waals surface area contributed by atoms with Crippen LogP contribution in [0.4, 0.5) is 0 Å². The van der Waals surface area contributed by atoms with Crippen LogP contribution in [-0.4, -0.2) is 71.5 Å². The second-order valence-corrected chi connectivity index (χ2v) is 12.0. The van der Waals surface area contributed by atoms with Crippen molar-refractivity contribution in [1.29, 1.82) is 0 Å². The molecule has 7 rings (SSSR count). The van der Waals surface area contributed by atoms with Crippen LogP contribution < -0.4 is 30.4 Å². The second kappa shape index (κ2) is 13.6. The Hall–Kier alpha value is -5.65. The Labute approximate surface area is 277 Å². The number of hydrogen-bond acceptors (Lipinski definition) is 8. The van der Waals surface area contributed by atoms with Gasteiger partial charge in [0.25, 0.3) is 17.4 Å². The lowest BCUT2D eigenvalue weighted by atomic mass is 9.97. The number of nitrogens with zero attached hydrogens (tertiary/aromatic N) is 2. The monoisotopic (exact) mass is 651 g/mol. The summed E-state index contributed by atoms with van der Waals surface area (Å²) < 4.78 is 17.9. The minimum Gasteiger partial charge on any atom is -0.493 e. The van der Waals surface area contributed by atoms with E-state index in [4.69, 9.17) is 14.2 Å². The Morgan fingerprint density at radius 1 is 1.00 bits per heavy atom. The highest BCUT2D eigenvalue weighted by atomic mass is 16.5. The number of benzene rings is 3. The number of aryl methyl sites for hydroxylation is 3. The van der Waals surface area contributed by atoms with E-state index < -0.39 is 12.1 Å². The molecule has 3 amide bonds. The molecule has 6 bridgehead atoms. The van der Waals surface area contributed by atoms with Crippen molar-refractivity contribution in [2.75, 3.05) is 26.8 Å². The number of carbonyl (C=O) groups excluding carboxylic acids is 3. The lowest BCUT2D eigenvalue weighted by Crippen LogP contribution is -2.45. The predicted molar refractivity (Wildman–Crippen MR) is 177 cm³/mol. The highest BCUT2D eigenvalue weighted by Gasteiger charge is 2.39. The average Bonchev–Trinajstić information content (AvgIpc) is 3.46. The van der Waals surface area contributed by atoms with E-state index in [-0.39, 0.29) is 55.9 Å². The molecule has 0 aliphatic carbocycles. The fourth-order valence-electron chi connectivity index (χ4n) is 6.02. The molecular formula is C36H37N5O7. The normalized spacial score (nSPS) is 17.8. The Morgan fingerprint density at radius 2 is 1.83 bits per heavy atom. The van der Waals surface area contributed by atoms with Gasteiger partial charge in [0.1, 0.15) is 17.7 Å². The molecule has 0 unspecified atom stereocenters. The third kappa shape index (κ3) is 7.02. The van der Waals surface area contributed by atoms with Crippen LogP contribution >= 0.6 is 0 Å². The fraction of sp³-hybridized carbons (Fsp3) is 0.306. The van der Waals surface area contributed by atoms with Gasteiger partial charge in [-0.3, -0.25) is 19.2 Å². The van der Waals surface area contributed by atoms with Crippen molar-refractivity contribution >= 4 is 17.7 Å². The van der Waals surface area contributed by atoms with E-state index in [0.29, 0.717) is 39.9 Å². The van der Waals surface area contributed by atoms with Crippen molar-refractivity contribution in [2.24, 2.45) is 0 Å². The minimum absolute atomic E-state index is 0.143. The van der Waals surface area contributed by atoms with Crippen LogP contribution in [-0.2, 0) is 22.6 Å². The molecule has 3 aromatic carbocycles. The highest BCUT2D eigenvalue weighted by Crippen LogP contribution is 2.32. The Balaban J connectivity index is 1.34. The number of rotatable bonds is 3. The number of H-pyrrole nitrogens is 1. The number of aromatic nitrogens is 2. The number of fused-ring (bicyclic) bond motifs is 7. The minimum atomic E-state index is -0.641. The molecule has 0 radical (unpaired) electrons. The van der Waals surface area contributed by atoms with Crippen LogP contribution in [0.3, 0.4) is 0 Å². The SMILES string of the molecule is COc1cc2ccc1O[C@H]1CN(C(=O)Cc3c(C)nc(C)[nH]c3=O)C[C@@H]1NC(=O)c1ccc(C)c(c1)-c1cccc(c1)OCC(=O)NC2. The van der Waals surface area contributed by atoms with Crippen molar-refractivity contribution in [3.8, 4) is 28.4 Å². The van der Waals surface area contributed by atoms with Crippen LogP contribution in [0.2, 0.25) is 0 Å². The standard InChI is InChI=1S/C36H37N5O7/c1-20-8-10-25-14-27(20)24-6-5-7-26(13-24)47-19-33(42)37-16-23-9-11-30(31(12-23)46-4)48-32-18-41(17-29(32)40-35(25)44)34(43)15-28-21(2)38-22(3)39-36(28)45/h5-14,29,32H,15-19H2,1-4H3,(H,37,42)(H,40,44)(H,38,39,45)/t29-,32-/m0/s1. The summed E-state index contributed by atoms with van der Waals surface area (Å²) in [6.45, 7) is 5.73. The molecule has 48 heavy (non-hydrogen) atoms. The number of nitrogens with one attached hydrogen (secondary N) is 3. The summed E-state index contributed by atoms with van der Waals surface area (Å²) in [7, 11) is 1.51. The molecule has 3 aliphatic rings. The van der Waals surface area contributed by atoms with Crippen LogP contribution in [0.1, 0.15) is 38.6 Å². The molecule has 1 fully saturated rings. The highest BCUT2D eigenvalue weighted by molar-refractivity contribution is 5.96. The van der Waals surface area contributed by atoms with Crippen molar-refractivity contribution in [3.05, 3.63) is 105 Å². The zero-order valence-electron chi connectivity index (χ0n) is 27.2. The van der Waals surface area contributed by atoms with Gasteiger partial charge in [0.2, 0.25) is 5.91 Å². The van der Waals surface area contributed by atoms with Gasteiger partial charge in [-0.15, -0.1) is 0 Å². The third-order valence-electron chi connectivity index (χ3n) is 8.61. The van der Waals surface area contributed by atoms with Crippen LogP contribution in [0.25, 0.3) is 11.1 Å². The van der Waals surface area contributed by atoms with Gasteiger partial charge < -0.3 is 34.7 Å². The van der Waals surface area contributed by atoms with E-state index in [1.165, 1.54) is 7.11 Å². The molecule has 3 N–H and O–H groups in total. The molecule has 4 aromatic rings. The summed E-state index contributed by atoms with van der Waals surface area (Å²) in [5, 5.41) is 5.96. The third-order valence-corrected chi connectivity index (χ3v) is 8.61. The number of methoxy groups -OCH3 is 1. The van der Waals surface area contributed by atoms with Crippen molar-refractivity contribution in [1.82, 2.24) is 25.5 Å². The van der Waals surface area contributed by atoms with Crippen molar-refractivity contribution in [2.45, 2.75) is 45.9 Å². The number of likely N-dealkylation sites (tertiary alicyclic amines) is 1. The van der Waals surface area contributed by atoms with Gasteiger partial charge >= 0.3 is 0 Å². The van der Waals surface area contributed by atoms with Gasteiger partial charge in [-0.1, -0.05) is 24.3 Å². The van der Waals surface area contributed by atoms with Crippen LogP contribution in [0.15, 0.2) is 65.5 Å². The Morgan fingerprint density at radius 3 is 2.62 bits per heavy atom. The van der Waals surface area contributed by atoms with Gasteiger partial charge in [-0.2, -0.15) is 0 Å². The van der Waals surface area contributed by atoms with Gasteiger partial charge in [0.15, 0.2) is 18.1 Å². The maximum absolute atomic E-state index is 13.8. The van der Waals surface area contributed by atoms with E-state index in [1.54, 1.807) is 49.1 Å². The maximum atomic E-state index is 13.8. The molecule has 12 nitrogen and oxygen atoms in total.